The molecule has 0 fully saturated rings. The Morgan fingerprint density at radius 2 is 2.50 bits per heavy atom. The Bertz CT molecular complexity index is 112. The van der Waals surface area contributed by atoms with E-state index < -0.39 is 0 Å². The van der Waals surface area contributed by atoms with E-state index in [2.05, 4.69) is 5.10 Å². The van der Waals surface area contributed by atoms with Crippen molar-refractivity contribution >= 4 is 7.98 Å². The van der Waals surface area contributed by atoms with Gasteiger partial charge in [0, 0.05) is 0 Å². The minimum absolute atomic E-state index is 1.25. The van der Waals surface area contributed by atoms with Crippen LogP contribution in [0.25, 0.3) is 0 Å². The first-order chi connectivity index (χ1) is 2.89. The molecule has 2 nitrogen and oxygen atoms in total. The van der Waals surface area contributed by atoms with Crippen LogP contribution in [-0.4, -0.2) is 17.7 Å². The molecule has 0 aromatic carbocycles. The summed E-state index contributed by atoms with van der Waals surface area (Å²) in [5.41, 5.74) is 0. The molecule has 0 atom stereocenters. The quantitative estimate of drug-likeness (QED) is 0.393. The van der Waals surface area contributed by atoms with Crippen molar-refractivity contribution in [3.05, 3.63) is 18.5 Å². The van der Waals surface area contributed by atoms with E-state index >= 15 is 0 Å². The van der Waals surface area contributed by atoms with Crippen molar-refractivity contribution in [1.29, 1.82) is 0 Å². The summed E-state index contributed by atoms with van der Waals surface area (Å²) < 4.78 is 1.25. The second-order valence-corrected chi connectivity index (χ2v) is 0.986. The standard InChI is InChI=1S/C3H3BN2/c4-6-3-1-2-5-6/h1-3H/q+2. The van der Waals surface area contributed by atoms with Gasteiger partial charge in [0.1, 0.15) is 0 Å². The first-order valence-corrected chi connectivity index (χ1v) is 1.64. The summed E-state index contributed by atoms with van der Waals surface area (Å²) in [6.07, 6.45) is 3.29. The van der Waals surface area contributed by atoms with Gasteiger partial charge in [-0.3, -0.25) is 0 Å². The van der Waals surface area contributed by atoms with E-state index in [1.807, 2.05) is 0 Å². The zero-order chi connectivity index (χ0) is 4.41. The van der Waals surface area contributed by atoms with E-state index in [0.29, 0.717) is 0 Å². The summed E-state index contributed by atoms with van der Waals surface area (Å²) in [6, 6.07) is 1.76. The molecule has 0 saturated heterocycles. The Hall–Kier alpha value is -0.725. The number of nitrogens with zero attached hydrogens (tertiary/aromatic N) is 2. The number of aromatic nitrogens is 2. The molecule has 0 radical (unpaired) electrons. The van der Waals surface area contributed by atoms with Crippen molar-refractivity contribution in [3.63, 3.8) is 0 Å². The van der Waals surface area contributed by atoms with Crippen molar-refractivity contribution < 1.29 is 0 Å². The van der Waals surface area contributed by atoms with E-state index in [1.54, 1.807) is 18.5 Å². The molecule has 0 unspecified atom stereocenters. The van der Waals surface area contributed by atoms with Crippen molar-refractivity contribution in [2.45, 2.75) is 0 Å². The predicted molar refractivity (Wildman–Crippen MR) is 23.4 cm³/mol. The fraction of sp³-hybridized carbons (Fsp3) is 0. The summed E-state index contributed by atoms with van der Waals surface area (Å²) in [6.45, 7) is 0. The van der Waals surface area contributed by atoms with Crippen molar-refractivity contribution in [2.24, 2.45) is 0 Å². The van der Waals surface area contributed by atoms with Crippen molar-refractivity contribution in [3.8, 4) is 0 Å². The zero-order valence-electron chi connectivity index (χ0n) is 3.20. The molecule has 0 amide bonds. The summed E-state index contributed by atoms with van der Waals surface area (Å²) in [5, 5.41) is 3.61. The van der Waals surface area contributed by atoms with E-state index in [9.17, 15) is 0 Å². The van der Waals surface area contributed by atoms with Crippen LogP contribution in [0.5, 0.6) is 0 Å². The second kappa shape index (κ2) is 1.16. The van der Waals surface area contributed by atoms with E-state index in [0.717, 1.165) is 0 Å². The molecule has 0 aliphatic carbocycles. The second-order valence-electron chi connectivity index (χ2n) is 0.986. The van der Waals surface area contributed by atoms with Gasteiger partial charge in [0.15, 0.2) is 0 Å². The summed E-state index contributed by atoms with van der Waals surface area (Å²) in [5.74, 6) is 0. The van der Waals surface area contributed by atoms with Gasteiger partial charge in [0.05, 0.1) is 0 Å². The normalized spacial score (nSPS) is 9.00. The predicted octanol–water partition coefficient (Wildman–Crippen LogP) is -0.185. The molecule has 0 spiro atoms. The summed E-state index contributed by atoms with van der Waals surface area (Å²) in [4.78, 5) is 0. The van der Waals surface area contributed by atoms with Gasteiger partial charge >= 0.3 is 36.1 Å². The maximum absolute atomic E-state index is 5.08. The molecule has 0 aliphatic rings. The van der Waals surface area contributed by atoms with Gasteiger partial charge in [-0.05, 0) is 0 Å². The van der Waals surface area contributed by atoms with Gasteiger partial charge in [0.25, 0.3) is 0 Å². The molecule has 26 valence electrons. The van der Waals surface area contributed by atoms with Gasteiger partial charge in [0.2, 0.25) is 0 Å². The Morgan fingerprint density at radius 1 is 1.67 bits per heavy atom. The van der Waals surface area contributed by atoms with Gasteiger partial charge in [-0.2, -0.15) is 0 Å². The number of hydrogen-bond acceptors (Lipinski definition) is 1. The van der Waals surface area contributed by atoms with Gasteiger partial charge in [-0.15, -0.1) is 0 Å². The molecule has 6 heavy (non-hydrogen) atoms. The molecule has 1 heterocycles. The topological polar surface area (TPSA) is 17.8 Å². The Labute approximate surface area is 37.2 Å². The van der Waals surface area contributed by atoms with Crippen LogP contribution in [-0.2, 0) is 0 Å². The molecule has 0 aliphatic heterocycles. The Balaban J connectivity index is 3.05. The zero-order valence-corrected chi connectivity index (χ0v) is 3.20. The molecular weight excluding hydrogens is 74.9 g/mol. The molecule has 0 saturated carbocycles. The van der Waals surface area contributed by atoms with E-state index in [1.165, 1.54) is 4.59 Å². The number of rotatable bonds is 0. The average Bonchev–Trinajstić information content (AvgIpc) is 1.86. The first kappa shape index (κ1) is 3.46. The van der Waals surface area contributed by atoms with Gasteiger partial charge < -0.3 is 0 Å². The van der Waals surface area contributed by atoms with E-state index in [-0.39, 0.29) is 0 Å². The molecule has 1 aromatic heterocycles. The molecule has 0 N–H and O–H groups in total. The van der Waals surface area contributed by atoms with E-state index in [4.69, 9.17) is 7.98 Å². The third-order valence-electron chi connectivity index (χ3n) is 0.525. The van der Waals surface area contributed by atoms with Crippen LogP contribution in [0.1, 0.15) is 0 Å². The van der Waals surface area contributed by atoms with Crippen LogP contribution >= 0.6 is 0 Å². The molecule has 1 aromatic rings. The fourth-order valence-electron chi connectivity index (χ4n) is 0.281. The van der Waals surface area contributed by atoms with Crippen LogP contribution in [0.4, 0.5) is 0 Å². The number of hydrogen-bond donors (Lipinski definition) is 0. The van der Waals surface area contributed by atoms with Crippen LogP contribution in [0.2, 0.25) is 0 Å². The third kappa shape index (κ3) is 0.430. The Morgan fingerprint density at radius 3 is 2.67 bits per heavy atom. The SMILES string of the molecule is [B+2]n1cccn1. The van der Waals surface area contributed by atoms with Crippen LogP contribution in [0, 0.1) is 0 Å². The van der Waals surface area contributed by atoms with Crippen molar-refractivity contribution in [1.82, 2.24) is 9.69 Å². The van der Waals surface area contributed by atoms with Gasteiger partial charge in [-0.25, -0.2) is 0 Å². The minimum atomic E-state index is 1.25. The molecule has 0 bridgehead atoms. The van der Waals surface area contributed by atoms with Crippen LogP contribution in [0.3, 0.4) is 0 Å². The molecule has 3 heteroatoms. The van der Waals surface area contributed by atoms with Crippen molar-refractivity contribution in [2.75, 3.05) is 0 Å². The maximum atomic E-state index is 5.08. The van der Waals surface area contributed by atoms with Crippen LogP contribution < -0.4 is 0 Å². The first-order valence-electron chi connectivity index (χ1n) is 1.64. The average molecular weight is 77.9 g/mol. The monoisotopic (exact) mass is 78.0 g/mol. The third-order valence-corrected chi connectivity index (χ3v) is 0.525. The fourth-order valence-corrected chi connectivity index (χ4v) is 0.281. The van der Waals surface area contributed by atoms with Crippen LogP contribution in [0.15, 0.2) is 18.5 Å². The summed E-state index contributed by atoms with van der Waals surface area (Å²) in [7, 11) is 5.08. The molecular formula is C3H3BN2+2. The molecule has 1 rings (SSSR count). The summed E-state index contributed by atoms with van der Waals surface area (Å²) >= 11 is 0. The Kier molecular flexibility index (Phi) is 0.672. The van der Waals surface area contributed by atoms with Gasteiger partial charge in [-0.1, -0.05) is 0 Å².